The minimum Gasteiger partial charge on any atom is -0.357 e. The Kier molecular flexibility index (Phi) is 7.16. The fourth-order valence-electron chi connectivity index (χ4n) is 3.72. The van der Waals surface area contributed by atoms with Gasteiger partial charge in [0, 0.05) is 44.8 Å². The molecule has 2 N–H and O–H groups in total. The average Bonchev–Trinajstić information content (AvgIpc) is 3.53. The first-order chi connectivity index (χ1) is 15.3. The van der Waals surface area contributed by atoms with Crippen LogP contribution in [0.4, 0.5) is 5.82 Å². The van der Waals surface area contributed by atoms with Gasteiger partial charge >= 0.3 is 0 Å². The van der Waals surface area contributed by atoms with Gasteiger partial charge < -0.3 is 15.5 Å². The summed E-state index contributed by atoms with van der Waals surface area (Å²) in [5.41, 5.74) is 3.47. The van der Waals surface area contributed by atoms with E-state index < -0.39 is 0 Å². The Morgan fingerprint density at radius 1 is 1.03 bits per heavy atom. The molecule has 1 saturated heterocycles. The third-order valence-corrected chi connectivity index (χ3v) is 5.41. The van der Waals surface area contributed by atoms with Gasteiger partial charge in [-0.05, 0) is 61.6 Å². The van der Waals surface area contributed by atoms with E-state index in [9.17, 15) is 0 Å². The fourth-order valence-corrected chi connectivity index (χ4v) is 3.72. The molecular weight excluding hydrogens is 386 g/mol. The number of aromatic nitrogens is 3. The van der Waals surface area contributed by atoms with Crippen LogP contribution in [0.15, 0.2) is 66.0 Å². The molecule has 1 aliphatic heterocycles. The van der Waals surface area contributed by atoms with E-state index in [-0.39, 0.29) is 0 Å². The number of nitrogens with one attached hydrogen (secondary N) is 2. The van der Waals surface area contributed by atoms with Crippen LogP contribution in [0.3, 0.4) is 0 Å². The summed E-state index contributed by atoms with van der Waals surface area (Å²) in [6.07, 6.45) is 9.14. The Morgan fingerprint density at radius 2 is 1.84 bits per heavy atom. The van der Waals surface area contributed by atoms with Crippen LogP contribution >= 0.6 is 0 Å². The van der Waals surface area contributed by atoms with Crippen molar-refractivity contribution in [2.24, 2.45) is 4.99 Å². The van der Waals surface area contributed by atoms with E-state index in [1.54, 1.807) is 6.20 Å². The molecule has 0 atom stereocenters. The highest BCUT2D eigenvalue weighted by molar-refractivity contribution is 5.79. The smallest absolute Gasteiger partial charge is 0.191 e. The van der Waals surface area contributed by atoms with Gasteiger partial charge in [-0.3, -0.25) is 0 Å². The average molecular weight is 418 g/mol. The highest BCUT2D eigenvalue weighted by Gasteiger charge is 2.12. The molecule has 0 spiro atoms. The third kappa shape index (κ3) is 5.84. The van der Waals surface area contributed by atoms with E-state index in [2.05, 4.69) is 68.9 Å². The van der Waals surface area contributed by atoms with Gasteiger partial charge in [-0.1, -0.05) is 18.2 Å². The van der Waals surface area contributed by atoms with Crippen molar-refractivity contribution in [1.29, 1.82) is 0 Å². The van der Waals surface area contributed by atoms with Gasteiger partial charge in [-0.2, -0.15) is 5.10 Å². The van der Waals surface area contributed by atoms with Gasteiger partial charge in [0.05, 0.1) is 12.2 Å². The number of hydrogen-bond acceptors (Lipinski definition) is 4. The SMILES string of the molecule is CCNC(=NCc1ccc(N2CCCC2)nc1)NCCc1ccc(-n2cccn2)cc1. The number of benzene rings is 1. The van der Waals surface area contributed by atoms with Crippen LogP contribution in [-0.2, 0) is 13.0 Å². The summed E-state index contributed by atoms with van der Waals surface area (Å²) >= 11 is 0. The maximum Gasteiger partial charge on any atom is 0.191 e. The number of guanidine groups is 1. The molecule has 0 radical (unpaired) electrons. The first kappa shape index (κ1) is 20.9. The van der Waals surface area contributed by atoms with E-state index in [0.717, 1.165) is 55.6 Å². The van der Waals surface area contributed by atoms with Crippen LogP contribution in [-0.4, -0.2) is 46.9 Å². The Bertz CT molecular complexity index is 941. The summed E-state index contributed by atoms with van der Waals surface area (Å²) in [4.78, 5) is 11.7. The maximum atomic E-state index is 4.72. The molecule has 4 rings (SSSR count). The molecule has 0 amide bonds. The van der Waals surface area contributed by atoms with E-state index in [1.807, 2.05) is 23.1 Å². The highest BCUT2D eigenvalue weighted by atomic mass is 15.3. The summed E-state index contributed by atoms with van der Waals surface area (Å²) in [7, 11) is 0. The molecule has 0 saturated carbocycles. The van der Waals surface area contributed by atoms with Crippen molar-refractivity contribution in [3.8, 4) is 5.69 Å². The van der Waals surface area contributed by atoms with Gasteiger partial charge in [0.15, 0.2) is 5.96 Å². The monoisotopic (exact) mass is 417 g/mol. The molecule has 0 unspecified atom stereocenters. The number of pyridine rings is 1. The molecular formula is C24H31N7. The van der Waals surface area contributed by atoms with Crippen LogP contribution in [0.5, 0.6) is 0 Å². The molecule has 0 aliphatic carbocycles. The molecule has 31 heavy (non-hydrogen) atoms. The van der Waals surface area contributed by atoms with Crippen molar-refractivity contribution >= 4 is 11.8 Å². The lowest BCUT2D eigenvalue weighted by Crippen LogP contribution is -2.38. The van der Waals surface area contributed by atoms with Crippen molar-refractivity contribution in [2.75, 3.05) is 31.1 Å². The Balaban J connectivity index is 1.27. The van der Waals surface area contributed by atoms with Crippen molar-refractivity contribution in [3.05, 3.63) is 72.2 Å². The first-order valence-electron chi connectivity index (χ1n) is 11.1. The van der Waals surface area contributed by atoms with Crippen LogP contribution in [0.1, 0.15) is 30.9 Å². The van der Waals surface area contributed by atoms with Gasteiger partial charge in [0.1, 0.15) is 5.82 Å². The van der Waals surface area contributed by atoms with Crippen LogP contribution < -0.4 is 15.5 Å². The Hall–Kier alpha value is -3.35. The summed E-state index contributed by atoms with van der Waals surface area (Å²) in [6.45, 7) is 6.57. The summed E-state index contributed by atoms with van der Waals surface area (Å²) in [6, 6.07) is 14.7. The second-order valence-corrected chi connectivity index (χ2v) is 7.71. The number of aliphatic imine (C=N–C) groups is 1. The molecule has 162 valence electrons. The number of hydrogen-bond donors (Lipinski definition) is 2. The molecule has 1 aliphatic rings. The topological polar surface area (TPSA) is 70.4 Å². The van der Waals surface area contributed by atoms with Crippen LogP contribution in [0.25, 0.3) is 5.69 Å². The quantitative estimate of drug-likeness (QED) is 0.435. The molecule has 1 fully saturated rings. The molecule has 3 heterocycles. The molecule has 2 aromatic heterocycles. The Morgan fingerprint density at radius 3 is 2.52 bits per heavy atom. The van der Waals surface area contributed by atoms with E-state index >= 15 is 0 Å². The number of nitrogens with zero attached hydrogens (tertiary/aromatic N) is 5. The zero-order valence-electron chi connectivity index (χ0n) is 18.2. The molecule has 7 heteroatoms. The Labute approximate surface area is 184 Å². The molecule has 1 aromatic carbocycles. The van der Waals surface area contributed by atoms with Crippen molar-refractivity contribution in [1.82, 2.24) is 25.4 Å². The maximum absolute atomic E-state index is 4.72. The minimum absolute atomic E-state index is 0.612. The van der Waals surface area contributed by atoms with Crippen LogP contribution in [0, 0.1) is 0 Å². The van der Waals surface area contributed by atoms with Gasteiger partial charge in [0.25, 0.3) is 0 Å². The second kappa shape index (κ2) is 10.6. The number of anilines is 1. The van der Waals surface area contributed by atoms with Gasteiger partial charge in [-0.15, -0.1) is 0 Å². The lowest BCUT2D eigenvalue weighted by molar-refractivity contribution is 0.798. The standard InChI is InChI=1S/C24H31N7/c1-2-25-24(28-19-21-8-11-23(27-18-21)30-15-3-4-16-30)26-14-12-20-6-9-22(10-7-20)31-17-5-13-29-31/h5-11,13,17-18H,2-4,12,14-16,19H2,1H3,(H2,25,26,28). The lowest BCUT2D eigenvalue weighted by atomic mass is 10.1. The first-order valence-corrected chi connectivity index (χ1v) is 11.1. The van der Waals surface area contributed by atoms with Gasteiger partial charge in [-0.25, -0.2) is 14.7 Å². The molecule has 0 bridgehead atoms. The zero-order valence-corrected chi connectivity index (χ0v) is 18.2. The highest BCUT2D eigenvalue weighted by Crippen LogP contribution is 2.17. The summed E-state index contributed by atoms with van der Waals surface area (Å²) in [5, 5.41) is 11.0. The minimum atomic E-state index is 0.612. The van der Waals surface area contributed by atoms with Crippen molar-refractivity contribution < 1.29 is 0 Å². The second-order valence-electron chi connectivity index (χ2n) is 7.71. The zero-order chi connectivity index (χ0) is 21.3. The predicted molar refractivity (Wildman–Crippen MR) is 126 cm³/mol. The normalized spacial score (nSPS) is 14.1. The summed E-state index contributed by atoms with van der Waals surface area (Å²) in [5.74, 6) is 1.91. The van der Waals surface area contributed by atoms with Crippen LogP contribution in [0.2, 0.25) is 0 Å². The molecule has 3 aromatic rings. The molecule has 7 nitrogen and oxygen atoms in total. The van der Waals surface area contributed by atoms with E-state index in [1.165, 1.54) is 18.4 Å². The van der Waals surface area contributed by atoms with Crippen molar-refractivity contribution in [2.45, 2.75) is 32.7 Å². The van der Waals surface area contributed by atoms with Crippen molar-refractivity contribution in [3.63, 3.8) is 0 Å². The third-order valence-electron chi connectivity index (χ3n) is 5.41. The predicted octanol–water partition coefficient (Wildman–Crippen LogP) is 3.17. The summed E-state index contributed by atoms with van der Waals surface area (Å²) < 4.78 is 1.87. The number of rotatable bonds is 8. The van der Waals surface area contributed by atoms with E-state index in [0.29, 0.717) is 6.54 Å². The van der Waals surface area contributed by atoms with Gasteiger partial charge in [0.2, 0.25) is 0 Å². The fraction of sp³-hybridized carbons (Fsp3) is 0.375. The van der Waals surface area contributed by atoms with E-state index in [4.69, 9.17) is 4.99 Å². The largest absolute Gasteiger partial charge is 0.357 e. The lowest BCUT2D eigenvalue weighted by Gasteiger charge is -2.16.